The normalized spacial score (nSPS) is 26.9. The van der Waals surface area contributed by atoms with Gasteiger partial charge in [0.15, 0.2) is 0 Å². The third kappa shape index (κ3) is 2.91. The topological polar surface area (TPSA) is 32.3 Å². The van der Waals surface area contributed by atoms with Gasteiger partial charge in [-0.3, -0.25) is 10.1 Å². The molecule has 0 radical (unpaired) electrons. The van der Waals surface area contributed by atoms with E-state index in [1.165, 1.54) is 11.3 Å². The van der Waals surface area contributed by atoms with Crippen LogP contribution in [0.4, 0.5) is 17.6 Å². The van der Waals surface area contributed by atoms with E-state index in [2.05, 4.69) is 5.32 Å². The minimum absolute atomic E-state index is 0.378. The maximum absolute atomic E-state index is 13.4. The number of nitrogens with one attached hydrogen (secondary N) is 1. The highest BCUT2D eigenvalue weighted by Crippen LogP contribution is 2.36. The second kappa shape index (κ2) is 5.57. The minimum atomic E-state index is -4.23. The molecule has 1 aliphatic rings. The average Bonchev–Trinajstić information content (AvgIpc) is 3.01. The van der Waals surface area contributed by atoms with Gasteiger partial charge in [0.2, 0.25) is 5.91 Å². The first-order valence-electron chi connectivity index (χ1n) is 6.48. The number of alkyl halides is 4. The molecular formula is C13H16F4N2OS. The number of hydrogen-bond acceptors (Lipinski definition) is 3. The Morgan fingerprint density at radius 1 is 1.52 bits per heavy atom. The van der Waals surface area contributed by atoms with Crippen LogP contribution in [0.5, 0.6) is 0 Å². The molecular weight excluding hydrogens is 308 g/mol. The highest BCUT2D eigenvalue weighted by molar-refractivity contribution is 7.07. The Morgan fingerprint density at radius 3 is 2.67 bits per heavy atom. The van der Waals surface area contributed by atoms with E-state index in [1.54, 1.807) is 30.7 Å². The highest BCUT2D eigenvalue weighted by Gasteiger charge is 2.52. The molecule has 2 unspecified atom stereocenters. The maximum Gasteiger partial charge on any atom is 0.324 e. The summed E-state index contributed by atoms with van der Waals surface area (Å²) in [6.07, 6.45) is -4.23. The van der Waals surface area contributed by atoms with E-state index < -0.39 is 36.5 Å². The van der Waals surface area contributed by atoms with Crippen LogP contribution in [-0.2, 0) is 4.79 Å². The lowest BCUT2D eigenvalue weighted by molar-refractivity contribution is -0.158. The second-order valence-electron chi connectivity index (χ2n) is 5.28. The van der Waals surface area contributed by atoms with Crippen molar-refractivity contribution in [1.82, 2.24) is 10.2 Å². The van der Waals surface area contributed by atoms with E-state index in [-0.39, 0.29) is 0 Å². The van der Waals surface area contributed by atoms with Crippen molar-refractivity contribution in [3.05, 3.63) is 22.4 Å². The molecule has 0 bridgehead atoms. The molecule has 3 nitrogen and oxygen atoms in total. The first-order valence-corrected chi connectivity index (χ1v) is 7.42. The van der Waals surface area contributed by atoms with Crippen molar-refractivity contribution in [2.75, 3.05) is 6.54 Å². The van der Waals surface area contributed by atoms with Gasteiger partial charge in [-0.15, -0.1) is 0 Å². The second-order valence-corrected chi connectivity index (χ2v) is 6.06. The summed E-state index contributed by atoms with van der Waals surface area (Å²) >= 11 is 1.35. The molecule has 118 valence electrons. The van der Waals surface area contributed by atoms with Crippen LogP contribution >= 0.6 is 11.3 Å². The Hall–Kier alpha value is -1.15. The summed E-state index contributed by atoms with van der Waals surface area (Å²) in [6.45, 7) is 2.03. The van der Waals surface area contributed by atoms with Gasteiger partial charge in [-0.25, -0.2) is 8.78 Å². The summed E-state index contributed by atoms with van der Waals surface area (Å²) in [6, 6.07) is 1.69. The number of nitrogens with zero attached hydrogens (tertiary/aromatic N) is 1. The molecule has 2 atom stereocenters. The SMILES string of the molecule is CCC1(C)NC(c2ccsc2)N(CC(F)(F)C(F)F)C1=O. The van der Waals surface area contributed by atoms with Crippen LogP contribution in [0.25, 0.3) is 0 Å². The number of carbonyl (C=O) groups excluding carboxylic acids is 1. The van der Waals surface area contributed by atoms with Gasteiger partial charge in [0.05, 0.1) is 12.1 Å². The number of thiophene rings is 1. The predicted octanol–water partition coefficient (Wildman–Crippen LogP) is 3.25. The van der Waals surface area contributed by atoms with E-state index in [1.807, 2.05) is 0 Å². The molecule has 2 rings (SSSR count). The summed E-state index contributed by atoms with van der Waals surface area (Å²) in [5.74, 6) is -4.81. The Morgan fingerprint density at radius 2 is 2.19 bits per heavy atom. The smallest absolute Gasteiger partial charge is 0.315 e. The van der Waals surface area contributed by atoms with Crippen molar-refractivity contribution < 1.29 is 22.4 Å². The van der Waals surface area contributed by atoms with Crippen LogP contribution in [0.2, 0.25) is 0 Å². The fourth-order valence-corrected chi connectivity index (χ4v) is 2.96. The Kier molecular flexibility index (Phi) is 4.30. The molecule has 0 aliphatic carbocycles. The van der Waals surface area contributed by atoms with Gasteiger partial charge < -0.3 is 4.90 Å². The monoisotopic (exact) mass is 324 g/mol. The first kappa shape index (κ1) is 16.2. The molecule has 1 saturated heterocycles. The molecule has 0 aromatic carbocycles. The van der Waals surface area contributed by atoms with Gasteiger partial charge in [-0.2, -0.15) is 20.1 Å². The number of halogens is 4. The van der Waals surface area contributed by atoms with Crippen molar-refractivity contribution in [3.63, 3.8) is 0 Å². The maximum atomic E-state index is 13.4. The minimum Gasteiger partial charge on any atom is -0.315 e. The molecule has 1 N–H and O–H groups in total. The summed E-state index contributed by atoms with van der Waals surface area (Å²) in [4.78, 5) is 13.2. The lowest BCUT2D eigenvalue weighted by atomic mass is 9.99. The molecule has 0 spiro atoms. The average molecular weight is 324 g/mol. The summed E-state index contributed by atoms with van der Waals surface area (Å²) in [5, 5.41) is 6.44. The van der Waals surface area contributed by atoms with Crippen LogP contribution in [0.15, 0.2) is 16.8 Å². The summed E-state index contributed by atoms with van der Waals surface area (Å²) in [5.41, 5.74) is -0.402. The number of amides is 1. The highest BCUT2D eigenvalue weighted by atomic mass is 32.1. The fraction of sp³-hybridized carbons (Fsp3) is 0.615. The molecule has 1 aliphatic heterocycles. The third-order valence-electron chi connectivity index (χ3n) is 3.77. The van der Waals surface area contributed by atoms with Crippen LogP contribution in [-0.4, -0.2) is 35.2 Å². The van der Waals surface area contributed by atoms with Crippen LogP contribution in [0, 0.1) is 0 Å². The zero-order chi connectivity index (χ0) is 15.8. The first-order chi connectivity index (χ1) is 9.71. The predicted molar refractivity (Wildman–Crippen MR) is 71.6 cm³/mol. The molecule has 21 heavy (non-hydrogen) atoms. The van der Waals surface area contributed by atoms with Crippen molar-refractivity contribution in [3.8, 4) is 0 Å². The van der Waals surface area contributed by atoms with Crippen molar-refractivity contribution in [1.29, 1.82) is 0 Å². The number of carbonyl (C=O) groups is 1. The van der Waals surface area contributed by atoms with Gasteiger partial charge in [-0.05, 0) is 35.7 Å². The van der Waals surface area contributed by atoms with Crippen molar-refractivity contribution >= 4 is 17.2 Å². The lowest BCUT2D eigenvalue weighted by Crippen LogP contribution is -2.46. The van der Waals surface area contributed by atoms with E-state index in [0.717, 1.165) is 4.90 Å². The van der Waals surface area contributed by atoms with E-state index in [9.17, 15) is 22.4 Å². The van der Waals surface area contributed by atoms with Gasteiger partial charge >= 0.3 is 12.3 Å². The quantitative estimate of drug-likeness (QED) is 0.843. The Labute approximate surface area is 123 Å². The van der Waals surface area contributed by atoms with Crippen LogP contribution in [0.1, 0.15) is 32.0 Å². The molecule has 1 fully saturated rings. The number of hydrogen-bond donors (Lipinski definition) is 1. The van der Waals surface area contributed by atoms with Crippen LogP contribution < -0.4 is 5.32 Å². The van der Waals surface area contributed by atoms with Gasteiger partial charge in [0.25, 0.3) is 0 Å². The standard InChI is InChI=1S/C13H16F4N2OS/c1-3-12(2)11(20)19(7-13(16,17)10(14)15)9(18-12)8-4-5-21-6-8/h4-6,9-10,18H,3,7H2,1-2H3. The third-order valence-corrected chi connectivity index (χ3v) is 4.47. The molecule has 1 aromatic rings. The zero-order valence-electron chi connectivity index (χ0n) is 11.6. The molecule has 8 heteroatoms. The van der Waals surface area contributed by atoms with E-state index in [0.29, 0.717) is 12.0 Å². The molecule has 0 saturated carbocycles. The largest absolute Gasteiger partial charge is 0.324 e. The van der Waals surface area contributed by atoms with Gasteiger partial charge in [0.1, 0.15) is 6.17 Å². The van der Waals surface area contributed by atoms with Gasteiger partial charge in [-0.1, -0.05) is 6.92 Å². The van der Waals surface area contributed by atoms with Crippen molar-refractivity contribution in [2.45, 2.75) is 44.3 Å². The fourth-order valence-electron chi connectivity index (χ4n) is 2.28. The van der Waals surface area contributed by atoms with Crippen molar-refractivity contribution in [2.24, 2.45) is 0 Å². The molecule has 1 aromatic heterocycles. The molecule has 1 amide bonds. The van der Waals surface area contributed by atoms with Gasteiger partial charge in [0, 0.05) is 0 Å². The molecule has 2 heterocycles. The van der Waals surface area contributed by atoms with E-state index >= 15 is 0 Å². The van der Waals surface area contributed by atoms with Crippen LogP contribution in [0.3, 0.4) is 0 Å². The zero-order valence-corrected chi connectivity index (χ0v) is 12.4. The summed E-state index contributed by atoms with van der Waals surface area (Å²) in [7, 11) is 0. The number of rotatable bonds is 5. The Bertz CT molecular complexity index is 508. The summed E-state index contributed by atoms with van der Waals surface area (Å²) < 4.78 is 51.6. The lowest BCUT2D eigenvalue weighted by Gasteiger charge is -2.27. The Balaban J connectivity index is 2.32. The van der Waals surface area contributed by atoms with E-state index in [4.69, 9.17) is 0 Å².